The van der Waals surface area contributed by atoms with Crippen molar-refractivity contribution in [2.24, 2.45) is 0 Å². The molecule has 0 aliphatic heterocycles. The van der Waals surface area contributed by atoms with E-state index in [1.165, 1.54) is 28.8 Å². The smallest absolute Gasteiger partial charge is 0.227 e. The summed E-state index contributed by atoms with van der Waals surface area (Å²) in [6, 6.07) is 67.3. The van der Waals surface area contributed by atoms with Crippen LogP contribution >= 0.6 is 0 Å². The molecule has 1 heterocycles. The van der Waals surface area contributed by atoms with Gasteiger partial charge in [-0.25, -0.2) is 9.37 Å². The van der Waals surface area contributed by atoms with Crippen LogP contribution in [-0.4, -0.2) is 4.98 Å². The van der Waals surface area contributed by atoms with E-state index in [-0.39, 0.29) is 5.82 Å². The molecule has 4 nitrogen and oxygen atoms in total. The van der Waals surface area contributed by atoms with Crippen molar-refractivity contribution < 1.29 is 8.81 Å². The van der Waals surface area contributed by atoms with Crippen LogP contribution in [0.4, 0.5) is 38.5 Å². The van der Waals surface area contributed by atoms with Crippen LogP contribution in [0.25, 0.3) is 44.8 Å². The number of fused-ring (bicyclic) bond motifs is 1. The molecule has 0 spiro atoms. The molecule has 9 aromatic rings. The van der Waals surface area contributed by atoms with Crippen molar-refractivity contribution >= 4 is 45.2 Å². The van der Waals surface area contributed by atoms with Gasteiger partial charge in [0, 0.05) is 45.8 Å². The van der Waals surface area contributed by atoms with Crippen LogP contribution in [0.5, 0.6) is 0 Å². The zero-order valence-corrected chi connectivity index (χ0v) is 30.2. The van der Waals surface area contributed by atoms with E-state index in [4.69, 9.17) is 9.40 Å². The minimum atomic E-state index is -0.250. The van der Waals surface area contributed by atoms with Crippen molar-refractivity contribution in [3.8, 4) is 33.7 Å². The number of para-hydroxylation sites is 1. The molecule has 0 radical (unpaired) electrons. The monoisotopic (exact) mass is 713 g/mol. The van der Waals surface area contributed by atoms with E-state index in [1.54, 1.807) is 0 Å². The van der Waals surface area contributed by atoms with Crippen LogP contribution in [0.2, 0.25) is 0 Å². The number of oxazole rings is 1. The van der Waals surface area contributed by atoms with E-state index in [0.29, 0.717) is 11.5 Å². The molecule has 5 heteroatoms. The van der Waals surface area contributed by atoms with Gasteiger partial charge in [-0.3, -0.25) is 0 Å². The minimum Gasteiger partial charge on any atom is -0.436 e. The zero-order chi connectivity index (χ0) is 37.1. The first-order valence-electron chi connectivity index (χ1n) is 18.3. The first-order valence-corrected chi connectivity index (χ1v) is 18.3. The van der Waals surface area contributed by atoms with Crippen LogP contribution in [0, 0.1) is 12.7 Å². The number of anilines is 6. The van der Waals surface area contributed by atoms with Crippen LogP contribution in [0.3, 0.4) is 0 Å². The summed E-state index contributed by atoms with van der Waals surface area (Å²) in [6.07, 6.45) is 0. The number of hydrogen-bond acceptors (Lipinski definition) is 4. The van der Waals surface area contributed by atoms with Crippen molar-refractivity contribution in [2.45, 2.75) is 6.92 Å². The number of rotatable bonds is 9. The topological polar surface area (TPSA) is 32.5 Å². The lowest BCUT2D eigenvalue weighted by Crippen LogP contribution is -2.10. The number of halogens is 1. The van der Waals surface area contributed by atoms with Gasteiger partial charge in [-0.15, -0.1) is 0 Å². The lowest BCUT2D eigenvalue weighted by Gasteiger charge is -2.26. The summed E-state index contributed by atoms with van der Waals surface area (Å²) in [7, 11) is 0. The summed E-state index contributed by atoms with van der Waals surface area (Å²) in [4.78, 5) is 9.35. The van der Waals surface area contributed by atoms with E-state index in [1.807, 2.05) is 42.5 Å². The van der Waals surface area contributed by atoms with E-state index in [2.05, 4.69) is 162 Å². The molecule has 0 bridgehead atoms. The van der Waals surface area contributed by atoms with E-state index in [0.717, 1.165) is 56.3 Å². The van der Waals surface area contributed by atoms with Crippen LogP contribution < -0.4 is 9.80 Å². The Hall–Kier alpha value is -7.24. The second kappa shape index (κ2) is 14.6. The highest BCUT2D eigenvalue weighted by Gasteiger charge is 2.18. The Morgan fingerprint density at radius 3 is 1.51 bits per heavy atom. The molecule has 1 aromatic heterocycles. The quantitative estimate of drug-likeness (QED) is 0.149. The van der Waals surface area contributed by atoms with E-state index in [9.17, 15) is 4.39 Å². The molecule has 0 saturated heterocycles. The van der Waals surface area contributed by atoms with Gasteiger partial charge in [-0.2, -0.15) is 0 Å². The van der Waals surface area contributed by atoms with Gasteiger partial charge in [-0.05, 0) is 126 Å². The van der Waals surface area contributed by atoms with Crippen LogP contribution in [0.1, 0.15) is 5.56 Å². The maximum Gasteiger partial charge on any atom is 0.227 e. The van der Waals surface area contributed by atoms with Crippen LogP contribution in [0.15, 0.2) is 205 Å². The fourth-order valence-electron chi connectivity index (χ4n) is 6.99. The SMILES string of the molecule is Cc1ccc(N(c2ccc(-c3nc4ccc(N(c5ccccc5)c5ccc(-c6ccccc6)cc5)cc4o3)cc2)c2cccc(-c3ccc(F)cc3)c2)cc1. The fourth-order valence-corrected chi connectivity index (χ4v) is 6.99. The summed E-state index contributed by atoms with van der Waals surface area (Å²) < 4.78 is 20.2. The Bertz CT molecular complexity index is 2690. The summed E-state index contributed by atoms with van der Waals surface area (Å²) >= 11 is 0. The van der Waals surface area contributed by atoms with Gasteiger partial charge in [0.2, 0.25) is 5.89 Å². The third kappa shape index (κ3) is 6.99. The van der Waals surface area contributed by atoms with Gasteiger partial charge >= 0.3 is 0 Å². The van der Waals surface area contributed by atoms with Gasteiger partial charge in [-0.1, -0.05) is 103 Å². The number of benzene rings is 8. The van der Waals surface area contributed by atoms with E-state index < -0.39 is 0 Å². The van der Waals surface area contributed by atoms with Crippen molar-refractivity contribution in [3.05, 3.63) is 212 Å². The summed E-state index contributed by atoms with van der Waals surface area (Å²) in [6.45, 7) is 2.09. The minimum absolute atomic E-state index is 0.250. The fraction of sp³-hybridized carbons (Fsp3) is 0.0200. The lowest BCUT2D eigenvalue weighted by atomic mass is 10.0. The first kappa shape index (κ1) is 33.6. The molecule has 0 aliphatic rings. The largest absolute Gasteiger partial charge is 0.436 e. The van der Waals surface area contributed by atoms with Crippen molar-refractivity contribution in [1.29, 1.82) is 0 Å². The molecule has 0 N–H and O–H groups in total. The molecule has 0 saturated carbocycles. The molecule has 9 rings (SSSR count). The highest BCUT2D eigenvalue weighted by Crippen LogP contribution is 2.40. The number of aromatic nitrogens is 1. The predicted molar refractivity (Wildman–Crippen MR) is 224 cm³/mol. The maximum absolute atomic E-state index is 13.7. The molecule has 0 unspecified atom stereocenters. The molecule has 0 aliphatic carbocycles. The van der Waals surface area contributed by atoms with Gasteiger partial charge < -0.3 is 14.2 Å². The Kier molecular flexibility index (Phi) is 8.94. The lowest BCUT2D eigenvalue weighted by molar-refractivity contribution is 0.620. The maximum atomic E-state index is 13.7. The average molecular weight is 714 g/mol. The molecule has 8 aromatic carbocycles. The molecule has 0 fully saturated rings. The standard InChI is InChI=1S/C50H36FN3O/c1-35-15-25-43(26-16-35)54(46-14-8-11-40(33-46)38-17-23-41(51)24-18-38)45-29-21-39(22-30-45)50-52-48-32-31-47(34-49(48)55-50)53(42-12-6-3-7-13-42)44-27-19-37(20-28-44)36-9-4-2-5-10-36/h2-34H,1H3. The second-order valence-electron chi connectivity index (χ2n) is 13.5. The summed E-state index contributed by atoms with van der Waals surface area (Å²) in [5.41, 5.74) is 13.9. The number of hydrogen-bond donors (Lipinski definition) is 0. The van der Waals surface area contributed by atoms with Crippen molar-refractivity contribution in [2.75, 3.05) is 9.80 Å². The number of aryl methyl sites for hydroxylation is 1. The second-order valence-corrected chi connectivity index (χ2v) is 13.5. The Morgan fingerprint density at radius 2 is 0.855 bits per heavy atom. The van der Waals surface area contributed by atoms with Gasteiger partial charge in [0.05, 0.1) is 0 Å². The predicted octanol–water partition coefficient (Wildman–Crippen LogP) is 14.2. The van der Waals surface area contributed by atoms with Gasteiger partial charge in [0.25, 0.3) is 0 Å². The normalized spacial score (nSPS) is 11.1. The highest BCUT2D eigenvalue weighted by molar-refractivity contribution is 5.86. The Balaban J connectivity index is 1.04. The van der Waals surface area contributed by atoms with Crippen molar-refractivity contribution in [1.82, 2.24) is 4.98 Å². The molecule has 264 valence electrons. The molecule has 0 amide bonds. The van der Waals surface area contributed by atoms with Gasteiger partial charge in [0.15, 0.2) is 5.58 Å². The third-order valence-corrected chi connectivity index (χ3v) is 9.82. The summed E-state index contributed by atoms with van der Waals surface area (Å²) in [5, 5.41) is 0. The highest BCUT2D eigenvalue weighted by atomic mass is 19.1. The van der Waals surface area contributed by atoms with E-state index >= 15 is 0 Å². The van der Waals surface area contributed by atoms with Crippen LogP contribution in [-0.2, 0) is 0 Å². The molecular weight excluding hydrogens is 678 g/mol. The number of nitrogens with zero attached hydrogens (tertiary/aromatic N) is 3. The summed E-state index contributed by atoms with van der Waals surface area (Å²) in [5.74, 6) is 0.303. The Morgan fingerprint density at radius 1 is 0.400 bits per heavy atom. The molecule has 0 atom stereocenters. The first-order chi connectivity index (χ1) is 27.1. The van der Waals surface area contributed by atoms with Crippen molar-refractivity contribution in [3.63, 3.8) is 0 Å². The zero-order valence-electron chi connectivity index (χ0n) is 30.2. The Labute approximate surface area is 320 Å². The van der Waals surface area contributed by atoms with Gasteiger partial charge in [0.1, 0.15) is 11.3 Å². The average Bonchev–Trinajstić information content (AvgIpc) is 3.67. The molecular formula is C50H36FN3O. The molecule has 55 heavy (non-hydrogen) atoms. The third-order valence-electron chi connectivity index (χ3n) is 9.82.